The molecule has 3 heteroatoms. The Kier molecular flexibility index (Phi) is 2.83. The number of hydrogen-bond donors (Lipinski definition) is 0. The van der Waals surface area contributed by atoms with Gasteiger partial charge < -0.3 is 4.74 Å². The van der Waals surface area contributed by atoms with Crippen molar-refractivity contribution in [2.24, 2.45) is 5.92 Å². The van der Waals surface area contributed by atoms with Crippen molar-refractivity contribution in [1.82, 2.24) is 0 Å². The van der Waals surface area contributed by atoms with Crippen LogP contribution in [-0.4, -0.2) is 12.9 Å². The molecule has 0 heterocycles. The summed E-state index contributed by atoms with van der Waals surface area (Å²) < 4.78 is 6.24. The number of carbonyl (C=O) groups excluding carboxylic acids is 1. The van der Waals surface area contributed by atoms with Crippen molar-refractivity contribution in [3.8, 4) is 5.75 Å². The number of methoxy groups -OCH3 is 1. The van der Waals surface area contributed by atoms with E-state index in [2.05, 4.69) is 15.9 Å². The first-order chi connectivity index (χ1) is 7.13. The molecule has 1 aromatic rings. The van der Waals surface area contributed by atoms with Gasteiger partial charge in [0.15, 0.2) is 0 Å². The van der Waals surface area contributed by atoms with Crippen LogP contribution in [0.2, 0.25) is 0 Å². The van der Waals surface area contributed by atoms with Crippen molar-refractivity contribution in [3.05, 3.63) is 28.2 Å². The fraction of sp³-hybridized carbons (Fsp3) is 0.417. The summed E-state index contributed by atoms with van der Waals surface area (Å²) in [6.45, 7) is 1.67. The molecule has 0 spiro atoms. The second kappa shape index (κ2) is 3.97. The highest BCUT2D eigenvalue weighted by Gasteiger charge is 2.42. The fourth-order valence-corrected chi connectivity index (χ4v) is 2.46. The Morgan fingerprint density at radius 1 is 1.53 bits per heavy atom. The van der Waals surface area contributed by atoms with Gasteiger partial charge in [0.05, 0.1) is 7.11 Å². The molecule has 0 radical (unpaired) electrons. The Bertz CT molecular complexity index is 401. The van der Waals surface area contributed by atoms with Gasteiger partial charge in [-0.25, -0.2) is 0 Å². The van der Waals surface area contributed by atoms with Crippen LogP contribution in [0.3, 0.4) is 0 Å². The van der Waals surface area contributed by atoms with Crippen molar-refractivity contribution >= 4 is 21.7 Å². The molecule has 0 bridgehead atoms. The highest BCUT2D eigenvalue weighted by Crippen LogP contribution is 2.50. The molecule has 2 unspecified atom stereocenters. The Morgan fingerprint density at radius 2 is 2.27 bits per heavy atom. The van der Waals surface area contributed by atoms with Gasteiger partial charge in [0.25, 0.3) is 0 Å². The average molecular weight is 269 g/mol. The molecule has 0 aromatic heterocycles. The lowest BCUT2D eigenvalue weighted by molar-refractivity contribution is -0.118. The maximum Gasteiger partial charge on any atom is 0.133 e. The van der Waals surface area contributed by atoms with Crippen LogP contribution in [0.25, 0.3) is 0 Å². The Morgan fingerprint density at radius 3 is 2.80 bits per heavy atom. The first kappa shape index (κ1) is 10.7. The second-order valence-electron chi connectivity index (χ2n) is 3.95. The fourth-order valence-electron chi connectivity index (χ4n) is 1.92. The van der Waals surface area contributed by atoms with Crippen LogP contribution in [0, 0.1) is 5.92 Å². The summed E-state index contributed by atoms with van der Waals surface area (Å²) in [5, 5.41) is 0. The molecule has 0 saturated heterocycles. The SMILES string of the molecule is COc1ccc(Br)c(C2CC2C(C)=O)c1. The zero-order valence-corrected chi connectivity index (χ0v) is 10.4. The molecule has 2 nitrogen and oxygen atoms in total. The monoisotopic (exact) mass is 268 g/mol. The van der Waals surface area contributed by atoms with E-state index in [-0.39, 0.29) is 11.7 Å². The van der Waals surface area contributed by atoms with E-state index in [0.29, 0.717) is 5.92 Å². The second-order valence-corrected chi connectivity index (χ2v) is 4.80. The molecule has 1 aliphatic carbocycles. The van der Waals surface area contributed by atoms with Gasteiger partial charge in [-0.1, -0.05) is 15.9 Å². The molecule has 0 N–H and O–H groups in total. The molecular weight excluding hydrogens is 256 g/mol. The summed E-state index contributed by atoms with van der Waals surface area (Å²) in [6.07, 6.45) is 0.973. The van der Waals surface area contributed by atoms with Gasteiger partial charge >= 0.3 is 0 Å². The number of halogens is 1. The highest BCUT2D eigenvalue weighted by atomic mass is 79.9. The largest absolute Gasteiger partial charge is 0.497 e. The van der Waals surface area contributed by atoms with Crippen LogP contribution in [0.4, 0.5) is 0 Å². The summed E-state index contributed by atoms with van der Waals surface area (Å²) in [5.74, 6) is 1.73. The highest BCUT2D eigenvalue weighted by molar-refractivity contribution is 9.10. The van der Waals surface area contributed by atoms with E-state index in [4.69, 9.17) is 4.74 Å². The molecule has 1 fully saturated rings. The molecular formula is C12H13BrO2. The van der Waals surface area contributed by atoms with E-state index in [1.54, 1.807) is 14.0 Å². The first-order valence-electron chi connectivity index (χ1n) is 4.97. The van der Waals surface area contributed by atoms with Gasteiger partial charge in [0.2, 0.25) is 0 Å². The topological polar surface area (TPSA) is 26.3 Å². The van der Waals surface area contributed by atoms with Gasteiger partial charge in [-0.15, -0.1) is 0 Å². The van der Waals surface area contributed by atoms with Crippen LogP contribution in [0.1, 0.15) is 24.8 Å². The average Bonchev–Trinajstić information content (AvgIpc) is 2.98. The zero-order chi connectivity index (χ0) is 11.0. The van der Waals surface area contributed by atoms with Crippen molar-refractivity contribution in [2.45, 2.75) is 19.3 Å². The number of benzene rings is 1. The minimum atomic E-state index is 0.216. The van der Waals surface area contributed by atoms with E-state index in [1.165, 1.54) is 5.56 Å². The van der Waals surface area contributed by atoms with Crippen molar-refractivity contribution in [2.75, 3.05) is 7.11 Å². The summed E-state index contributed by atoms with van der Waals surface area (Å²) in [5.41, 5.74) is 1.19. The van der Waals surface area contributed by atoms with E-state index in [9.17, 15) is 4.79 Å². The Balaban J connectivity index is 2.25. The molecule has 0 aliphatic heterocycles. The van der Waals surface area contributed by atoms with E-state index >= 15 is 0 Å². The molecule has 0 amide bonds. The summed E-state index contributed by atoms with van der Waals surface area (Å²) >= 11 is 3.51. The molecule has 1 saturated carbocycles. The molecule has 15 heavy (non-hydrogen) atoms. The van der Waals surface area contributed by atoms with E-state index in [0.717, 1.165) is 16.6 Å². The zero-order valence-electron chi connectivity index (χ0n) is 8.79. The Hall–Kier alpha value is -0.830. The summed E-state index contributed by atoms with van der Waals surface area (Å²) in [4.78, 5) is 11.2. The van der Waals surface area contributed by atoms with Crippen molar-refractivity contribution in [3.63, 3.8) is 0 Å². The molecule has 2 atom stereocenters. The van der Waals surface area contributed by atoms with Gasteiger partial charge in [-0.3, -0.25) is 4.79 Å². The Labute approximate surface area is 97.8 Å². The lowest BCUT2D eigenvalue weighted by atomic mass is 10.1. The van der Waals surface area contributed by atoms with Gasteiger partial charge in [-0.2, -0.15) is 0 Å². The first-order valence-corrected chi connectivity index (χ1v) is 5.76. The molecule has 2 rings (SSSR count). The molecule has 1 aliphatic rings. The number of ether oxygens (including phenoxy) is 1. The number of ketones is 1. The lowest BCUT2D eigenvalue weighted by Gasteiger charge is -2.06. The molecule has 1 aromatic carbocycles. The number of hydrogen-bond acceptors (Lipinski definition) is 2. The van der Waals surface area contributed by atoms with Crippen molar-refractivity contribution < 1.29 is 9.53 Å². The normalized spacial score (nSPS) is 23.7. The smallest absolute Gasteiger partial charge is 0.133 e. The van der Waals surface area contributed by atoms with Gasteiger partial charge in [-0.05, 0) is 43.0 Å². The number of Topliss-reactive ketones (excluding diaryl/α,β-unsaturated/α-hetero) is 1. The van der Waals surface area contributed by atoms with E-state index in [1.807, 2.05) is 18.2 Å². The summed E-state index contributed by atoms with van der Waals surface area (Å²) in [6, 6.07) is 5.90. The molecule has 80 valence electrons. The third-order valence-electron chi connectivity index (χ3n) is 2.92. The minimum absolute atomic E-state index is 0.216. The number of carbonyl (C=O) groups is 1. The quantitative estimate of drug-likeness (QED) is 0.842. The van der Waals surface area contributed by atoms with Crippen LogP contribution in [0.15, 0.2) is 22.7 Å². The van der Waals surface area contributed by atoms with Crippen LogP contribution >= 0.6 is 15.9 Å². The van der Waals surface area contributed by atoms with Crippen LogP contribution in [-0.2, 0) is 4.79 Å². The third-order valence-corrected chi connectivity index (χ3v) is 3.64. The predicted molar refractivity (Wildman–Crippen MR) is 62.2 cm³/mol. The lowest BCUT2D eigenvalue weighted by Crippen LogP contribution is -1.95. The summed E-state index contributed by atoms with van der Waals surface area (Å²) in [7, 11) is 1.66. The predicted octanol–water partition coefficient (Wildman–Crippen LogP) is 3.15. The van der Waals surface area contributed by atoms with Gasteiger partial charge in [0.1, 0.15) is 11.5 Å². The maximum absolute atomic E-state index is 11.2. The maximum atomic E-state index is 11.2. The van der Waals surface area contributed by atoms with Crippen LogP contribution < -0.4 is 4.74 Å². The standard InChI is InChI=1S/C12H13BrO2/c1-7(14)9-6-10(9)11-5-8(15-2)3-4-12(11)13/h3-5,9-10H,6H2,1-2H3. The number of rotatable bonds is 3. The van der Waals surface area contributed by atoms with Gasteiger partial charge in [0, 0.05) is 10.4 Å². The van der Waals surface area contributed by atoms with E-state index < -0.39 is 0 Å². The third kappa shape index (κ3) is 2.07. The van der Waals surface area contributed by atoms with Crippen LogP contribution in [0.5, 0.6) is 5.75 Å². The minimum Gasteiger partial charge on any atom is -0.497 e. The van der Waals surface area contributed by atoms with Crippen molar-refractivity contribution in [1.29, 1.82) is 0 Å².